The van der Waals surface area contributed by atoms with E-state index in [9.17, 15) is 0 Å². The summed E-state index contributed by atoms with van der Waals surface area (Å²) in [6.07, 6.45) is 0. The molecular formula is C11H18ClN3S. The maximum absolute atomic E-state index is 5.78. The summed E-state index contributed by atoms with van der Waals surface area (Å²) in [6.45, 7) is 7.71. The number of likely N-dealkylation sites (N-methyl/N-ethyl adjacent to an activating group) is 1. The monoisotopic (exact) mass is 259 g/mol. The predicted octanol–water partition coefficient (Wildman–Crippen LogP) is 2.41. The molecule has 90 valence electrons. The normalized spacial score (nSPS) is 21.4. The van der Waals surface area contributed by atoms with Crippen LogP contribution < -0.4 is 4.90 Å². The number of halogens is 1. The van der Waals surface area contributed by atoms with Crippen LogP contribution >= 0.6 is 22.9 Å². The van der Waals surface area contributed by atoms with Crippen LogP contribution in [0.4, 0.5) is 5.13 Å². The topological polar surface area (TPSA) is 19.4 Å². The molecule has 0 radical (unpaired) electrons. The number of alkyl halides is 1. The van der Waals surface area contributed by atoms with Crippen LogP contribution in [-0.4, -0.2) is 42.1 Å². The number of thiazole rings is 1. The zero-order valence-corrected chi connectivity index (χ0v) is 11.6. The van der Waals surface area contributed by atoms with Crippen molar-refractivity contribution in [2.24, 2.45) is 0 Å². The second kappa shape index (κ2) is 4.51. The van der Waals surface area contributed by atoms with Gasteiger partial charge in [-0.05, 0) is 20.9 Å². The Bertz CT molecular complexity index is 364. The van der Waals surface area contributed by atoms with Gasteiger partial charge in [0.2, 0.25) is 0 Å². The quantitative estimate of drug-likeness (QED) is 0.761. The summed E-state index contributed by atoms with van der Waals surface area (Å²) in [6, 6.07) is 0. The van der Waals surface area contributed by atoms with Gasteiger partial charge in [-0.1, -0.05) is 0 Å². The third-order valence-electron chi connectivity index (χ3n) is 3.26. The molecule has 0 bridgehead atoms. The molecule has 1 saturated heterocycles. The van der Waals surface area contributed by atoms with Gasteiger partial charge in [0.1, 0.15) is 0 Å². The fraction of sp³-hybridized carbons (Fsp3) is 0.727. The predicted molar refractivity (Wildman–Crippen MR) is 70.6 cm³/mol. The zero-order chi connectivity index (χ0) is 11.8. The van der Waals surface area contributed by atoms with Crippen molar-refractivity contribution in [3.8, 4) is 0 Å². The van der Waals surface area contributed by atoms with E-state index in [4.69, 9.17) is 11.6 Å². The lowest BCUT2D eigenvalue weighted by molar-refractivity contribution is 0.139. The summed E-state index contributed by atoms with van der Waals surface area (Å²) in [5, 5.41) is 3.16. The van der Waals surface area contributed by atoms with E-state index in [1.807, 2.05) is 5.38 Å². The Balaban J connectivity index is 2.11. The van der Waals surface area contributed by atoms with E-state index in [0.717, 1.165) is 30.5 Å². The molecule has 0 unspecified atom stereocenters. The van der Waals surface area contributed by atoms with Gasteiger partial charge in [0, 0.05) is 30.6 Å². The standard InChI is InChI=1S/C11H18ClN3S/c1-11(2)8-15(5-4-14(11)3)10-13-9(6-12)7-16-10/h7H,4-6,8H2,1-3H3. The Kier molecular flexibility index (Phi) is 3.42. The average molecular weight is 260 g/mol. The molecule has 0 aliphatic carbocycles. The first-order valence-corrected chi connectivity index (χ1v) is 6.91. The number of nitrogens with zero attached hydrogens (tertiary/aromatic N) is 3. The molecule has 1 aliphatic heterocycles. The van der Waals surface area contributed by atoms with Crippen molar-refractivity contribution in [1.82, 2.24) is 9.88 Å². The van der Waals surface area contributed by atoms with Crippen molar-refractivity contribution in [1.29, 1.82) is 0 Å². The lowest BCUT2D eigenvalue weighted by Gasteiger charge is -2.45. The van der Waals surface area contributed by atoms with Crippen molar-refractivity contribution < 1.29 is 0 Å². The molecule has 0 spiro atoms. The zero-order valence-electron chi connectivity index (χ0n) is 10.0. The SMILES string of the molecule is CN1CCN(c2nc(CCl)cs2)CC1(C)C. The number of anilines is 1. The minimum atomic E-state index is 0.213. The number of rotatable bonds is 2. The second-order valence-electron chi connectivity index (χ2n) is 4.91. The number of piperazine rings is 1. The van der Waals surface area contributed by atoms with E-state index >= 15 is 0 Å². The highest BCUT2D eigenvalue weighted by atomic mass is 35.5. The summed E-state index contributed by atoms with van der Waals surface area (Å²) in [7, 11) is 2.18. The van der Waals surface area contributed by atoms with Crippen LogP contribution in [0.15, 0.2) is 5.38 Å². The maximum atomic E-state index is 5.78. The molecule has 3 nitrogen and oxygen atoms in total. The third kappa shape index (κ3) is 2.34. The Hall–Kier alpha value is -0.320. The molecule has 1 aromatic heterocycles. The first-order valence-electron chi connectivity index (χ1n) is 5.49. The van der Waals surface area contributed by atoms with Crippen LogP contribution in [0.3, 0.4) is 0 Å². The fourth-order valence-corrected chi connectivity index (χ4v) is 2.99. The van der Waals surface area contributed by atoms with Gasteiger partial charge in [-0.15, -0.1) is 22.9 Å². The summed E-state index contributed by atoms with van der Waals surface area (Å²) in [4.78, 5) is 9.30. The third-order valence-corrected chi connectivity index (χ3v) is 4.49. The highest BCUT2D eigenvalue weighted by Gasteiger charge is 2.31. The van der Waals surface area contributed by atoms with Crippen LogP contribution in [0.2, 0.25) is 0 Å². The van der Waals surface area contributed by atoms with Crippen molar-refractivity contribution in [2.75, 3.05) is 31.6 Å². The molecule has 0 aromatic carbocycles. The largest absolute Gasteiger partial charge is 0.345 e. The van der Waals surface area contributed by atoms with E-state index in [1.54, 1.807) is 11.3 Å². The lowest BCUT2D eigenvalue weighted by Crippen LogP contribution is -2.57. The van der Waals surface area contributed by atoms with E-state index in [-0.39, 0.29) is 5.54 Å². The van der Waals surface area contributed by atoms with Gasteiger partial charge in [0.05, 0.1) is 11.6 Å². The van der Waals surface area contributed by atoms with Gasteiger partial charge in [0.25, 0.3) is 0 Å². The molecule has 2 rings (SSSR count). The van der Waals surface area contributed by atoms with Gasteiger partial charge in [-0.25, -0.2) is 4.98 Å². The Morgan fingerprint density at radius 2 is 2.25 bits per heavy atom. The van der Waals surface area contributed by atoms with Crippen molar-refractivity contribution in [2.45, 2.75) is 25.3 Å². The van der Waals surface area contributed by atoms with Crippen molar-refractivity contribution in [3.63, 3.8) is 0 Å². The Morgan fingerprint density at radius 3 is 2.81 bits per heavy atom. The summed E-state index contributed by atoms with van der Waals surface area (Å²) in [5.41, 5.74) is 1.20. The Morgan fingerprint density at radius 1 is 1.50 bits per heavy atom. The van der Waals surface area contributed by atoms with Crippen molar-refractivity contribution >= 4 is 28.1 Å². The van der Waals surface area contributed by atoms with Crippen molar-refractivity contribution in [3.05, 3.63) is 11.1 Å². The molecule has 0 amide bonds. The summed E-state index contributed by atoms with van der Waals surface area (Å²) >= 11 is 7.47. The minimum absolute atomic E-state index is 0.213. The fourth-order valence-electron chi connectivity index (χ4n) is 1.91. The van der Waals surface area contributed by atoms with Crippen LogP contribution in [-0.2, 0) is 5.88 Å². The minimum Gasteiger partial charge on any atom is -0.345 e. The summed E-state index contributed by atoms with van der Waals surface area (Å²) < 4.78 is 0. The first-order chi connectivity index (χ1) is 7.53. The highest BCUT2D eigenvalue weighted by Crippen LogP contribution is 2.27. The smallest absolute Gasteiger partial charge is 0.185 e. The van der Waals surface area contributed by atoms with E-state index < -0.39 is 0 Å². The van der Waals surface area contributed by atoms with Crippen LogP contribution in [0.1, 0.15) is 19.5 Å². The molecule has 1 fully saturated rings. The summed E-state index contributed by atoms with van der Waals surface area (Å²) in [5.74, 6) is 0.508. The van der Waals surface area contributed by atoms with E-state index in [0.29, 0.717) is 5.88 Å². The van der Waals surface area contributed by atoms with Crippen LogP contribution in [0.5, 0.6) is 0 Å². The van der Waals surface area contributed by atoms with Gasteiger partial charge in [-0.2, -0.15) is 0 Å². The Labute approximate surface area is 106 Å². The molecule has 16 heavy (non-hydrogen) atoms. The highest BCUT2D eigenvalue weighted by molar-refractivity contribution is 7.13. The lowest BCUT2D eigenvalue weighted by atomic mass is 10.0. The first kappa shape index (κ1) is 12.1. The molecule has 2 heterocycles. The maximum Gasteiger partial charge on any atom is 0.185 e. The number of hydrogen-bond acceptors (Lipinski definition) is 4. The number of hydrogen-bond donors (Lipinski definition) is 0. The van der Waals surface area contributed by atoms with E-state index in [1.165, 1.54) is 0 Å². The van der Waals surface area contributed by atoms with Crippen LogP contribution in [0, 0.1) is 0 Å². The second-order valence-corrected chi connectivity index (χ2v) is 6.01. The van der Waals surface area contributed by atoms with Gasteiger partial charge >= 0.3 is 0 Å². The van der Waals surface area contributed by atoms with Gasteiger partial charge in [-0.3, -0.25) is 4.90 Å². The molecular weight excluding hydrogens is 242 g/mol. The average Bonchev–Trinajstić information content (AvgIpc) is 2.70. The molecule has 1 aliphatic rings. The molecule has 0 N–H and O–H groups in total. The van der Waals surface area contributed by atoms with Gasteiger partial charge < -0.3 is 4.90 Å². The van der Waals surface area contributed by atoms with Crippen LogP contribution in [0.25, 0.3) is 0 Å². The number of aromatic nitrogens is 1. The molecule has 1 aromatic rings. The molecule has 0 saturated carbocycles. The molecule has 5 heteroatoms. The molecule has 0 atom stereocenters. The van der Waals surface area contributed by atoms with Gasteiger partial charge in [0.15, 0.2) is 5.13 Å². The van der Waals surface area contributed by atoms with E-state index in [2.05, 4.69) is 35.7 Å².